The van der Waals surface area contributed by atoms with Gasteiger partial charge in [0.05, 0.1) is 6.04 Å². The molecule has 20 heavy (non-hydrogen) atoms. The molecule has 0 bridgehead atoms. The highest BCUT2D eigenvalue weighted by atomic mass is 32.2. The Morgan fingerprint density at radius 3 is 2.85 bits per heavy atom. The van der Waals surface area contributed by atoms with Gasteiger partial charge in [-0.1, -0.05) is 25.1 Å². The van der Waals surface area contributed by atoms with Gasteiger partial charge in [-0.2, -0.15) is 4.72 Å². The van der Waals surface area contributed by atoms with Crippen LogP contribution in [0.2, 0.25) is 0 Å². The lowest BCUT2D eigenvalue weighted by Crippen LogP contribution is -2.29. The summed E-state index contributed by atoms with van der Waals surface area (Å²) in [5, 5.41) is 0. The van der Waals surface area contributed by atoms with Crippen molar-refractivity contribution in [3.05, 3.63) is 46.8 Å². The first kappa shape index (κ1) is 13.6. The normalized spacial score (nSPS) is 17.8. The summed E-state index contributed by atoms with van der Waals surface area (Å²) >= 11 is 1.31. The SMILES string of the molecule is CCc1ccc(S(=O)(=O)NC2COc3ccccc32)s1. The van der Waals surface area contributed by atoms with Crippen LogP contribution in [0, 0.1) is 0 Å². The molecule has 1 unspecified atom stereocenters. The first-order valence-corrected chi connectivity index (χ1v) is 8.73. The highest BCUT2D eigenvalue weighted by Crippen LogP contribution is 2.33. The van der Waals surface area contributed by atoms with Gasteiger partial charge in [0.15, 0.2) is 0 Å². The van der Waals surface area contributed by atoms with Crippen LogP contribution in [-0.2, 0) is 16.4 Å². The summed E-state index contributed by atoms with van der Waals surface area (Å²) in [6.07, 6.45) is 0.843. The van der Waals surface area contributed by atoms with Crippen molar-refractivity contribution in [1.29, 1.82) is 0 Å². The molecular weight excluding hydrogens is 294 g/mol. The van der Waals surface area contributed by atoms with E-state index in [1.165, 1.54) is 11.3 Å². The average Bonchev–Trinajstić information content (AvgIpc) is 3.06. The Hall–Kier alpha value is -1.37. The maximum absolute atomic E-state index is 12.4. The van der Waals surface area contributed by atoms with Crippen molar-refractivity contribution in [3.63, 3.8) is 0 Å². The van der Waals surface area contributed by atoms with Crippen molar-refractivity contribution >= 4 is 21.4 Å². The Labute approximate surface area is 122 Å². The molecule has 0 radical (unpaired) electrons. The third-order valence-corrected chi connectivity index (χ3v) is 6.44. The second kappa shape index (κ2) is 5.20. The number of hydrogen-bond acceptors (Lipinski definition) is 4. The van der Waals surface area contributed by atoms with Gasteiger partial charge in [-0.25, -0.2) is 8.42 Å². The molecule has 1 aromatic heterocycles. The van der Waals surface area contributed by atoms with E-state index in [1.54, 1.807) is 6.07 Å². The molecule has 0 saturated carbocycles. The molecule has 1 atom stereocenters. The maximum atomic E-state index is 12.4. The molecular formula is C14H15NO3S2. The summed E-state index contributed by atoms with van der Waals surface area (Å²) < 4.78 is 33.3. The third kappa shape index (κ3) is 2.46. The van der Waals surface area contributed by atoms with Crippen molar-refractivity contribution in [2.75, 3.05) is 6.61 Å². The van der Waals surface area contributed by atoms with Crippen LogP contribution in [-0.4, -0.2) is 15.0 Å². The Balaban J connectivity index is 1.84. The molecule has 1 aliphatic rings. The molecule has 0 amide bonds. The molecule has 3 rings (SSSR count). The van der Waals surface area contributed by atoms with Gasteiger partial charge in [-0.05, 0) is 24.6 Å². The first-order valence-electron chi connectivity index (χ1n) is 6.43. The average molecular weight is 309 g/mol. The standard InChI is InChI=1S/C14H15NO3S2/c1-2-10-7-8-14(19-10)20(16,17)15-12-9-18-13-6-4-3-5-11(12)13/h3-8,12,15H,2,9H2,1H3. The monoisotopic (exact) mass is 309 g/mol. The molecule has 1 N–H and O–H groups in total. The van der Waals surface area contributed by atoms with E-state index in [0.29, 0.717) is 10.8 Å². The lowest BCUT2D eigenvalue weighted by molar-refractivity contribution is 0.325. The molecule has 0 saturated heterocycles. The van der Waals surface area contributed by atoms with Crippen LogP contribution >= 0.6 is 11.3 Å². The van der Waals surface area contributed by atoms with E-state index in [1.807, 2.05) is 37.3 Å². The zero-order chi connectivity index (χ0) is 14.2. The van der Waals surface area contributed by atoms with Crippen LogP contribution < -0.4 is 9.46 Å². The number of ether oxygens (including phenoxy) is 1. The lowest BCUT2D eigenvalue weighted by Gasteiger charge is -2.11. The summed E-state index contributed by atoms with van der Waals surface area (Å²) in [5.74, 6) is 0.751. The van der Waals surface area contributed by atoms with Crippen LogP contribution in [0.5, 0.6) is 5.75 Å². The predicted molar refractivity (Wildman–Crippen MR) is 78.7 cm³/mol. The zero-order valence-corrected chi connectivity index (χ0v) is 12.6. The van der Waals surface area contributed by atoms with Crippen molar-refractivity contribution < 1.29 is 13.2 Å². The molecule has 1 aromatic carbocycles. The minimum atomic E-state index is -3.49. The van der Waals surface area contributed by atoms with Crippen LogP contribution in [0.25, 0.3) is 0 Å². The second-order valence-corrected chi connectivity index (χ2v) is 7.71. The van der Waals surface area contributed by atoms with Gasteiger partial charge in [0.2, 0.25) is 0 Å². The minimum absolute atomic E-state index is 0.316. The maximum Gasteiger partial charge on any atom is 0.250 e. The number of sulfonamides is 1. The van der Waals surface area contributed by atoms with Crippen molar-refractivity contribution in [1.82, 2.24) is 4.72 Å². The van der Waals surface area contributed by atoms with E-state index in [-0.39, 0.29) is 6.04 Å². The van der Waals surface area contributed by atoms with E-state index < -0.39 is 10.0 Å². The summed E-state index contributed by atoms with van der Waals surface area (Å²) in [7, 11) is -3.49. The number of nitrogens with one attached hydrogen (secondary N) is 1. The number of thiophene rings is 1. The fraction of sp³-hybridized carbons (Fsp3) is 0.286. The van der Waals surface area contributed by atoms with E-state index >= 15 is 0 Å². The molecule has 2 aromatic rings. The summed E-state index contributed by atoms with van der Waals surface area (Å²) in [5.41, 5.74) is 0.892. The van der Waals surface area contributed by atoms with Gasteiger partial charge in [-0.15, -0.1) is 11.3 Å². The van der Waals surface area contributed by atoms with Crippen LogP contribution in [0.1, 0.15) is 23.4 Å². The van der Waals surface area contributed by atoms with Crippen LogP contribution in [0.15, 0.2) is 40.6 Å². The quantitative estimate of drug-likeness (QED) is 0.945. The van der Waals surface area contributed by atoms with Crippen LogP contribution in [0.4, 0.5) is 0 Å². The van der Waals surface area contributed by atoms with Crippen molar-refractivity contribution in [2.24, 2.45) is 0 Å². The topological polar surface area (TPSA) is 55.4 Å². The molecule has 4 nitrogen and oxygen atoms in total. The smallest absolute Gasteiger partial charge is 0.250 e. The Bertz CT molecular complexity index is 722. The zero-order valence-electron chi connectivity index (χ0n) is 11.0. The Kier molecular flexibility index (Phi) is 3.54. The van der Waals surface area contributed by atoms with E-state index in [0.717, 1.165) is 22.6 Å². The van der Waals surface area contributed by atoms with Crippen LogP contribution in [0.3, 0.4) is 0 Å². The van der Waals surface area contributed by atoms with Gasteiger partial charge < -0.3 is 4.74 Å². The highest BCUT2D eigenvalue weighted by Gasteiger charge is 2.29. The number of para-hydroxylation sites is 1. The predicted octanol–water partition coefficient (Wildman–Crippen LogP) is 2.72. The van der Waals surface area contributed by atoms with Gasteiger partial charge in [0.1, 0.15) is 16.6 Å². The number of benzene rings is 1. The number of aryl methyl sites for hydroxylation is 1. The second-order valence-electron chi connectivity index (χ2n) is 4.60. The largest absolute Gasteiger partial charge is 0.491 e. The number of fused-ring (bicyclic) bond motifs is 1. The van der Waals surface area contributed by atoms with Crippen molar-refractivity contribution in [3.8, 4) is 5.75 Å². The summed E-state index contributed by atoms with van der Waals surface area (Å²) in [6.45, 7) is 2.35. The summed E-state index contributed by atoms with van der Waals surface area (Å²) in [4.78, 5) is 1.06. The number of rotatable bonds is 4. The summed E-state index contributed by atoms with van der Waals surface area (Å²) in [6, 6.07) is 10.7. The van der Waals surface area contributed by atoms with Crippen molar-refractivity contribution in [2.45, 2.75) is 23.6 Å². The minimum Gasteiger partial charge on any atom is -0.491 e. The third-order valence-electron chi connectivity index (χ3n) is 3.25. The highest BCUT2D eigenvalue weighted by molar-refractivity contribution is 7.91. The lowest BCUT2D eigenvalue weighted by atomic mass is 10.1. The Morgan fingerprint density at radius 2 is 2.10 bits per heavy atom. The Morgan fingerprint density at radius 1 is 1.30 bits per heavy atom. The van der Waals surface area contributed by atoms with E-state index in [2.05, 4.69) is 4.72 Å². The van der Waals surface area contributed by atoms with Gasteiger partial charge >= 0.3 is 0 Å². The van der Waals surface area contributed by atoms with E-state index in [9.17, 15) is 8.42 Å². The molecule has 6 heteroatoms. The van der Waals surface area contributed by atoms with Gasteiger partial charge in [0.25, 0.3) is 10.0 Å². The first-order chi connectivity index (χ1) is 9.60. The molecule has 0 aliphatic carbocycles. The van der Waals surface area contributed by atoms with E-state index in [4.69, 9.17) is 4.74 Å². The molecule has 2 heterocycles. The van der Waals surface area contributed by atoms with Gasteiger partial charge in [-0.3, -0.25) is 0 Å². The molecule has 1 aliphatic heterocycles. The molecule has 0 fully saturated rings. The molecule has 0 spiro atoms. The fourth-order valence-electron chi connectivity index (χ4n) is 2.20. The molecule has 106 valence electrons. The van der Waals surface area contributed by atoms with Gasteiger partial charge in [0, 0.05) is 10.4 Å². The number of hydrogen-bond donors (Lipinski definition) is 1. The fourth-order valence-corrected chi connectivity index (χ4v) is 4.71.